The minimum Gasteiger partial charge on any atom is -0.387 e. The highest BCUT2D eigenvalue weighted by atomic mass is 16.3. The van der Waals surface area contributed by atoms with Crippen LogP contribution in [-0.4, -0.2) is 31.4 Å². The first-order valence-corrected chi connectivity index (χ1v) is 7.03. The maximum Gasteiger partial charge on any atom is 0.173 e. The van der Waals surface area contributed by atoms with Crippen molar-refractivity contribution in [3.05, 3.63) is 66.2 Å². The maximum atomic E-state index is 10.2. The molecule has 0 saturated carbocycles. The molecule has 3 aromatic rings. The van der Waals surface area contributed by atoms with Gasteiger partial charge in [0.2, 0.25) is 0 Å². The number of aliphatic hydroxyl groups excluding tert-OH is 1. The van der Waals surface area contributed by atoms with Gasteiger partial charge in [-0.25, -0.2) is 9.67 Å². The number of hydrogen-bond acceptors (Lipinski definition) is 5. The van der Waals surface area contributed by atoms with Crippen molar-refractivity contribution in [3.8, 4) is 5.82 Å². The molecule has 6 nitrogen and oxygen atoms in total. The number of hydrogen-bond donors (Lipinski definition) is 2. The molecule has 2 aromatic heterocycles. The summed E-state index contributed by atoms with van der Waals surface area (Å²) in [4.78, 5) is 8.55. The number of aromatic nitrogens is 4. The van der Waals surface area contributed by atoms with Crippen LogP contribution in [0.25, 0.3) is 5.82 Å². The van der Waals surface area contributed by atoms with Crippen molar-refractivity contribution in [2.45, 2.75) is 13.0 Å². The van der Waals surface area contributed by atoms with Crippen molar-refractivity contribution in [2.75, 3.05) is 11.9 Å². The van der Waals surface area contributed by atoms with Crippen molar-refractivity contribution < 1.29 is 5.11 Å². The number of nitrogens with zero attached hydrogens (tertiary/aromatic N) is 4. The van der Waals surface area contributed by atoms with Gasteiger partial charge in [-0.15, -0.1) is 0 Å². The fraction of sp³-hybridized carbons (Fsp3) is 0.188. The van der Waals surface area contributed by atoms with Crippen LogP contribution in [0.2, 0.25) is 0 Å². The summed E-state index contributed by atoms with van der Waals surface area (Å²) < 4.78 is 1.63. The van der Waals surface area contributed by atoms with Crippen molar-refractivity contribution in [3.63, 3.8) is 0 Å². The number of nitrogens with one attached hydrogen (secondary N) is 1. The van der Waals surface area contributed by atoms with E-state index in [2.05, 4.69) is 20.4 Å². The molecule has 0 aliphatic carbocycles. The maximum absolute atomic E-state index is 10.2. The lowest BCUT2D eigenvalue weighted by Gasteiger charge is -2.13. The molecule has 0 spiro atoms. The Labute approximate surface area is 128 Å². The lowest BCUT2D eigenvalue weighted by Crippen LogP contribution is -2.14. The van der Waals surface area contributed by atoms with Crippen LogP contribution in [0.1, 0.15) is 17.2 Å². The zero-order chi connectivity index (χ0) is 15.4. The van der Waals surface area contributed by atoms with Gasteiger partial charge < -0.3 is 10.4 Å². The summed E-state index contributed by atoms with van der Waals surface area (Å²) in [5.41, 5.74) is 2.04. The van der Waals surface area contributed by atoms with E-state index < -0.39 is 6.10 Å². The molecular weight excluding hydrogens is 278 g/mol. The van der Waals surface area contributed by atoms with E-state index in [-0.39, 0.29) is 0 Å². The van der Waals surface area contributed by atoms with E-state index in [4.69, 9.17) is 0 Å². The largest absolute Gasteiger partial charge is 0.387 e. The number of aliphatic hydroxyl groups is 1. The predicted molar refractivity (Wildman–Crippen MR) is 83.8 cm³/mol. The molecule has 0 unspecified atom stereocenters. The molecule has 0 amide bonds. The summed E-state index contributed by atoms with van der Waals surface area (Å²) in [6.07, 6.45) is 6.14. The van der Waals surface area contributed by atoms with Crippen LogP contribution in [-0.2, 0) is 0 Å². The third-order valence-electron chi connectivity index (χ3n) is 3.30. The Morgan fingerprint density at radius 3 is 2.77 bits per heavy atom. The van der Waals surface area contributed by atoms with E-state index in [1.54, 1.807) is 29.5 Å². The van der Waals surface area contributed by atoms with Crippen molar-refractivity contribution >= 4 is 5.82 Å². The Morgan fingerprint density at radius 1 is 1.23 bits per heavy atom. The average molecular weight is 295 g/mol. The monoisotopic (exact) mass is 295 g/mol. The summed E-state index contributed by atoms with van der Waals surface area (Å²) in [5, 5.41) is 17.4. The molecule has 6 heteroatoms. The first kappa shape index (κ1) is 14.2. The molecule has 2 heterocycles. The summed E-state index contributed by atoms with van der Waals surface area (Å²) in [6.45, 7) is 2.38. The van der Waals surface area contributed by atoms with Crippen LogP contribution in [0, 0.1) is 6.92 Å². The molecule has 0 aliphatic rings. The fourth-order valence-electron chi connectivity index (χ4n) is 2.06. The quantitative estimate of drug-likeness (QED) is 0.754. The van der Waals surface area contributed by atoms with Crippen molar-refractivity contribution in [2.24, 2.45) is 0 Å². The van der Waals surface area contributed by atoms with Crippen LogP contribution < -0.4 is 5.32 Å². The average Bonchev–Trinajstić information content (AvgIpc) is 3.08. The molecule has 0 fully saturated rings. The van der Waals surface area contributed by atoms with Gasteiger partial charge in [0.05, 0.1) is 18.5 Å². The molecule has 3 rings (SSSR count). The topological polar surface area (TPSA) is 75.9 Å². The Bertz CT molecular complexity index is 725. The highest BCUT2D eigenvalue weighted by molar-refractivity contribution is 5.36. The van der Waals surface area contributed by atoms with Crippen LogP contribution in [0.15, 0.2) is 55.1 Å². The lowest BCUT2D eigenvalue weighted by atomic mass is 10.1. The highest BCUT2D eigenvalue weighted by Gasteiger charge is 2.08. The van der Waals surface area contributed by atoms with Gasteiger partial charge in [0.1, 0.15) is 5.82 Å². The second-order valence-corrected chi connectivity index (χ2v) is 5.02. The Morgan fingerprint density at radius 2 is 2.05 bits per heavy atom. The van der Waals surface area contributed by atoms with Crippen LogP contribution in [0.4, 0.5) is 5.82 Å². The van der Waals surface area contributed by atoms with Gasteiger partial charge in [0, 0.05) is 18.9 Å². The molecule has 0 radical (unpaired) electrons. The predicted octanol–water partition coefficient (Wildman–Crippen LogP) is 2.12. The molecule has 1 atom stereocenters. The molecule has 112 valence electrons. The SMILES string of the molecule is Cc1ccc([C@@H](O)CNc2cncc(-n3cccn3)n2)cc1. The smallest absolute Gasteiger partial charge is 0.173 e. The summed E-state index contributed by atoms with van der Waals surface area (Å²) in [5.74, 6) is 1.22. The number of anilines is 1. The van der Waals surface area contributed by atoms with Gasteiger partial charge >= 0.3 is 0 Å². The second kappa shape index (κ2) is 6.36. The number of benzene rings is 1. The van der Waals surface area contributed by atoms with Gasteiger partial charge in [-0.2, -0.15) is 5.10 Å². The summed E-state index contributed by atoms with van der Waals surface area (Å²) in [7, 11) is 0. The Kier molecular flexibility index (Phi) is 4.11. The van der Waals surface area contributed by atoms with E-state index in [9.17, 15) is 5.11 Å². The van der Waals surface area contributed by atoms with E-state index >= 15 is 0 Å². The summed E-state index contributed by atoms with van der Waals surface area (Å²) in [6, 6.07) is 9.64. The minimum atomic E-state index is -0.601. The van der Waals surface area contributed by atoms with Crippen LogP contribution in [0.3, 0.4) is 0 Å². The lowest BCUT2D eigenvalue weighted by molar-refractivity contribution is 0.191. The van der Waals surface area contributed by atoms with E-state index in [0.29, 0.717) is 18.2 Å². The van der Waals surface area contributed by atoms with Crippen molar-refractivity contribution in [1.29, 1.82) is 0 Å². The Balaban J connectivity index is 1.66. The highest BCUT2D eigenvalue weighted by Crippen LogP contribution is 2.14. The second-order valence-electron chi connectivity index (χ2n) is 5.02. The van der Waals surface area contributed by atoms with Crippen molar-refractivity contribution in [1.82, 2.24) is 19.7 Å². The molecule has 0 saturated heterocycles. The van der Waals surface area contributed by atoms with E-state index in [1.807, 2.05) is 37.3 Å². The first-order chi connectivity index (χ1) is 10.7. The molecule has 2 N–H and O–H groups in total. The van der Waals surface area contributed by atoms with Crippen LogP contribution >= 0.6 is 0 Å². The standard InChI is InChI=1S/C16H17N5O/c1-12-3-5-13(6-4-12)14(22)9-18-15-10-17-11-16(20-15)21-8-2-7-19-21/h2-8,10-11,14,22H,9H2,1H3,(H,18,20)/t14-/m0/s1. The Hall–Kier alpha value is -2.73. The third kappa shape index (κ3) is 3.29. The van der Waals surface area contributed by atoms with Gasteiger partial charge in [0.15, 0.2) is 5.82 Å². The zero-order valence-corrected chi connectivity index (χ0v) is 12.2. The molecule has 1 aromatic carbocycles. The van der Waals surface area contributed by atoms with Gasteiger partial charge in [-0.3, -0.25) is 4.98 Å². The minimum absolute atomic E-state index is 0.361. The summed E-state index contributed by atoms with van der Waals surface area (Å²) >= 11 is 0. The fourth-order valence-corrected chi connectivity index (χ4v) is 2.06. The number of rotatable bonds is 5. The molecule has 0 aliphatic heterocycles. The van der Waals surface area contributed by atoms with Crippen LogP contribution in [0.5, 0.6) is 0 Å². The van der Waals surface area contributed by atoms with E-state index in [0.717, 1.165) is 5.56 Å². The molecular formula is C16H17N5O. The molecule has 22 heavy (non-hydrogen) atoms. The van der Waals surface area contributed by atoms with Gasteiger partial charge in [-0.1, -0.05) is 29.8 Å². The number of aryl methyl sites for hydroxylation is 1. The van der Waals surface area contributed by atoms with E-state index in [1.165, 1.54) is 5.56 Å². The van der Waals surface area contributed by atoms with Gasteiger partial charge in [0.25, 0.3) is 0 Å². The third-order valence-corrected chi connectivity index (χ3v) is 3.30. The normalized spacial score (nSPS) is 12.1. The van der Waals surface area contributed by atoms with Gasteiger partial charge in [-0.05, 0) is 18.6 Å². The first-order valence-electron chi connectivity index (χ1n) is 7.03. The molecule has 0 bridgehead atoms. The zero-order valence-electron chi connectivity index (χ0n) is 12.2.